The highest BCUT2D eigenvalue weighted by Gasteiger charge is 2.24. The second-order valence-corrected chi connectivity index (χ2v) is 20.9. The number of nitrogens with zero attached hydrogens (tertiary/aromatic N) is 4. The van der Waals surface area contributed by atoms with Crippen molar-refractivity contribution in [2.24, 2.45) is 0 Å². The molecule has 0 saturated carbocycles. The van der Waals surface area contributed by atoms with E-state index < -0.39 is 0 Å². The van der Waals surface area contributed by atoms with Crippen LogP contribution in [0.2, 0.25) is 0 Å². The lowest BCUT2D eigenvalue weighted by Gasteiger charge is -2.26. The second kappa shape index (κ2) is 16.0. The van der Waals surface area contributed by atoms with Crippen molar-refractivity contribution in [3.8, 4) is 50.9 Å². The monoisotopic (exact) mass is 862 g/mol. The molecule has 0 amide bonds. The highest BCUT2D eigenvalue weighted by molar-refractivity contribution is 6.09. The fourth-order valence-electron chi connectivity index (χ4n) is 9.19. The molecule has 0 radical (unpaired) electrons. The minimum absolute atomic E-state index is 0.0420. The Balaban J connectivity index is 1.06. The number of imidazole rings is 1. The number of benzene rings is 7. The van der Waals surface area contributed by atoms with Gasteiger partial charge in [-0.15, -0.1) is 0 Å². The summed E-state index contributed by atoms with van der Waals surface area (Å²) in [6, 6.07) is 58.6. The van der Waals surface area contributed by atoms with Gasteiger partial charge in [-0.05, 0) is 117 Å². The number of ether oxygens (including phenoxy) is 1. The van der Waals surface area contributed by atoms with Crippen LogP contribution in [0.5, 0.6) is 11.5 Å². The summed E-state index contributed by atoms with van der Waals surface area (Å²) < 4.78 is 13.5. The van der Waals surface area contributed by atoms with E-state index in [9.17, 15) is 0 Å². The summed E-state index contributed by atoms with van der Waals surface area (Å²) in [5.41, 5.74) is 16.0. The van der Waals surface area contributed by atoms with E-state index in [2.05, 4.69) is 247 Å². The predicted octanol–water partition coefficient (Wildman–Crippen LogP) is 15.5. The van der Waals surface area contributed by atoms with Crippen molar-refractivity contribution in [3.63, 3.8) is 0 Å². The van der Waals surface area contributed by atoms with Crippen molar-refractivity contribution < 1.29 is 9.30 Å². The largest absolute Gasteiger partial charge is 0.458 e. The van der Waals surface area contributed by atoms with Crippen LogP contribution < -0.4 is 9.30 Å². The molecule has 5 heteroatoms. The van der Waals surface area contributed by atoms with Crippen LogP contribution in [0.3, 0.4) is 0 Å². The van der Waals surface area contributed by atoms with E-state index in [-0.39, 0.29) is 16.2 Å². The molecule has 0 aliphatic carbocycles. The molecule has 0 bridgehead atoms. The molecule has 0 saturated heterocycles. The van der Waals surface area contributed by atoms with Crippen molar-refractivity contribution in [1.82, 2.24) is 14.1 Å². The Morgan fingerprint density at radius 2 is 1.12 bits per heavy atom. The SMILES string of the molecule is Cc1cc(-n2c3ccccc3c3ccc(Oc4cccc(-n5[c-][n+](-c6cc(C(C)(C)C)cc(C(C)(C)C)c6)c6c(-c7ccccc7)cccc65)c4)cc32)ncc1-c1ccc(C(C)(C)C)cc1. The number of para-hydroxylation sites is 2. The van der Waals surface area contributed by atoms with E-state index in [0.717, 1.165) is 72.8 Å². The van der Waals surface area contributed by atoms with Gasteiger partial charge in [0.05, 0.1) is 33.4 Å². The lowest BCUT2D eigenvalue weighted by atomic mass is 9.80. The summed E-state index contributed by atoms with van der Waals surface area (Å²) in [6.45, 7) is 22.7. The molecule has 0 N–H and O–H groups in total. The molecule has 0 atom stereocenters. The molecule has 0 aliphatic rings. The van der Waals surface area contributed by atoms with Gasteiger partial charge in [0.2, 0.25) is 0 Å². The molecule has 0 spiro atoms. The number of hydrogen-bond acceptors (Lipinski definition) is 2. The highest BCUT2D eigenvalue weighted by atomic mass is 16.5. The summed E-state index contributed by atoms with van der Waals surface area (Å²) in [6.07, 6.45) is 5.86. The van der Waals surface area contributed by atoms with E-state index in [1.54, 1.807) is 0 Å². The average molecular weight is 863 g/mol. The highest BCUT2D eigenvalue weighted by Crippen LogP contribution is 2.38. The maximum Gasteiger partial charge on any atom is 0.269 e. The van der Waals surface area contributed by atoms with Crippen molar-refractivity contribution in [3.05, 3.63) is 199 Å². The maximum atomic E-state index is 6.80. The molecular weight excluding hydrogens is 805 g/mol. The van der Waals surface area contributed by atoms with Crippen LogP contribution in [0, 0.1) is 13.3 Å². The third-order valence-electron chi connectivity index (χ3n) is 13.0. The molecule has 66 heavy (non-hydrogen) atoms. The standard InChI is InChI=1S/C61H58N4O/c1-40-32-57(62-38-53(40)42-26-28-43(29-27-42)59(2,3)4)65-54-24-15-14-22-51(54)52-31-30-49(37-56(52)65)66-48-21-16-20-46(36-48)63-39-64(47-34-44(60(5,6)7)33-45(35-47)61(8,9)10)58-50(23-17-25-55(58)63)41-18-12-11-13-19-41/h11-38H,1-10H3. The van der Waals surface area contributed by atoms with Gasteiger partial charge in [0.25, 0.3) is 6.33 Å². The fourth-order valence-corrected chi connectivity index (χ4v) is 9.19. The third kappa shape index (κ3) is 7.87. The first-order valence-corrected chi connectivity index (χ1v) is 23.1. The number of fused-ring (bicyclic) bond motifs is 4. The van der Waals surface area contributed by atoms with Crippen LogP contribution in [0.1, 0.15) is 84.6 Å². The van der Waals surface area contributed by atoms with Gasteiger partial charge in [-0.2, -0.15) is 0 Å². The van der Waals surface area contributed by atoms with Crippen molar-refractivity contribution in [2.45, 2.75) is 85.5 Å². The lowest BCUT2D eigenvalue weighted by Crippen LogP contribution is -2.32. The van der Waals surface area contributed by atoms with Crippen molar-refractivity contribution in [2.75, 3.05) is 0 Å². The van der Waals surface area contributed by atoms with Crippen LogP contribution in [0.15, 0.2) is 170 Å². The van der Waals surface area contributed by atoms with Gasteiger partial charge in [0, 0.05) is 28.6 Å². The molecule has 7 aromatic carbocycles. The number of aryl methyl sites for hydroxylation is 1. The van der Waals surface area contributed by atoms with Gasteiger partial charge in [-0.25, -0.2) is 4.98 Å². The van der Waals surface area contributed by atoms with E-state index in [1.165, 1.54) is 33.2 Å². The molecule has 3 aromatic heterocycles. The summed E-state index contributed by atoms with van der Waals surface area (Å²) in [5, 5.41) is 2.31. The molecule has 3 heterocycles. The Bertz CT molecular complexity index is 3410. The molecule has 328 valence electrons. The summed E-state index contributed by atoms with van der Waals surface area (Å²) in [7, 11) is 0. The predicted molar refractivity (Wildman–Crippen MR) is 274 cm³/mol. The van der Waals surface area contributed by atoms with Gasteiger partial charge >= 0.3 is 0 Å². The Morgan fingerprint density at radius 3 is 1.82 bits per heavy atom. The molecule has 5 nitrogen and oxygen atoms in total. The smallest absolute Gasteiger partial charge is 0.269 e. The maximum absolute atomic E-state index is 6.80. The van der Waals surface area contributed by atoms with Crippen LogP contribution in [-0.4, -0.2) is 14.1 Å². The zero-order valence-corrected chi connectivity index (χ0v) is 39.9. The minimum Gasteiger partial charge on any atom is -0.458 e. The Kier molecular flexibility index (Phi) is 10.4. The first kappa shape index (κ1) is 42.7. The minimum atomic E-state index is -0.0420. The first-order valence-electron chi connectivity index (χ1n) is 23.1. The van der Waals surface area contributed by atoms with Crippen molar-refractivity contribution in [1.29, 1.82) is 0 Å². The zero-order valence-electron chi connectivity index (χ0n) is 39.9. The molecule has 0 fully saturated rings. The number of pyridine rings is 1. The van der Waals surface area contributed by atoms with Gasteiger partial charge in [-0.3, -0.25) is 13.7 Å². The molecular formula is C61H58N4O. The summed E-state index contributed by atoms with van der Waals surface area (Å²) in [4.78, 5) is 5.11. The van der Waals surface area contributed by atoms with Crippen LogP contribution in [0.4, 0.5) is 0 Å². The van der Waals surface area contributed by atoms with Gasteiger partial charge in [0.15, 0.2) is 0 Å². The van der Waals surface area contributed by atoms with E-state index in [4.69, 9.17) is 9.72 Å². The van der Waals surface area contributed by atoms with E-state index in [0.29, 0.717) is 0 Å². The number of aromatic nitrogens is 4. The van der Waals surface area contributed by atoms with Crippen molar-refractivity contribution >= 4 is 32.8 Å². The number of hydrogen-bond donors (Lipinski definition) is 0. The second-order valence-electron chi connectivity index (χ2n) is 20.9. The first-order chi connectivity index (χ1) is 31.5. The van der Waals surface area contributed by atoms with Gasteiger partial charge < -0.3 is 4.74 Å². The van der Waals surface area contributed by atoms with Gasteiger partial charge in [0.1, 0.15) is 17.3 Å². The van der Waals surface area contributed by atoms with E-state index in [1.807, 2.05) is 12.3 Å². The molecule has 10 aromatic rings. The lowest BCUT2D eigenvalue weighted by molar-refractivity contribution is -0.572. The van der Waals surface area contributed by atoms with Crippen LogP contribution in [-0.2, 0) is 16.2 Å². The molecule has 0 aliphatic heterocycles. The molecule has 10 rings (SSSR count). The van der Waals surface area contributed by atoms with Gasteiger partial charge in [-0.1, -0.05) is 165 Å². The molecule has 0 unspecified atom stereocenters. The third-order valence-corrected chi connectivity index (χ3v) is 13.0. The Labute approximate surface area is 389 Å². The van der Waals surface area contributed by atoms with E-state index >= 15 is 0 Å². The zero-order chi connectivity index (χ0) is 46.1. The quantitative estimate of drug-likeness (QED) is 0.118. The normalized spacial score (nSPS) is 12.4. The summed E-state index contributed by atoms with van der Waals surface area (Å²) in [5.74, 6) is 2.34. The van der Waals surface area contributed by atoms with Crippen LogP contribution >= 0.6 is 0 Å². The average Bonchev–Trinajstić information content (AvgIpc) is 3.85. The Hall–Kier alpha value is -7.24. The topological polar surface area (TPSA) is 35.9 Å². The van der Waals surface area contributed by atoms with Crippen LogP contribution in [0.25, 0.3) is 72.3 Å². The number of rotatable bonds is 7. The fraction of sp³-hybridized carbons (Fsp3) is 0.213. The summed E-state index contributed by atoms with van der Waals surface area (Å²) >= 11 is 0. The Morgan fingerprint density at radius 1 is 0.500 bits per heavy atom.